The molecule has 0 unspecified atom stereocenters. The van der Waals surface area contributed by atoms with Crippen molar-refractivity contribution in [3.63, 3.8) is 0 Å². The van der Waals surface area contributed by atoms with Crippen molar-refractivity contribution in [2.24, 2.45) is 4.99 Å². The van der Waals surface area contributed by atoms with E-state index in [4.69, 9.17) is 16.3 Å². The maximum atomic E-state index is 12.0. The van der Waals surface area contributed by atoms with Crippen LogP contribution in [0.4, 0.5) is 0 Å². The number of thiazole rings is 1. The Balaban J connectivity index is 1.67. The molecule has 0 fully saturated rings. The van der Waals surface area contributed by atoms with E-state index in [0.29, 0.717) is 16.4 Å². The van der Waals surface area contributed by atoms with Crippen LogP contribution in [0.15, 0.2) is 65.4 Å². The number of aromatic nitrogens is 2. The van der Waals surface area contributed by atoms with Gasteiger partial charge in [0.25, 0.3) is 5.91 Å². The van der Waals surface area contributed by atoms with Crippen LogP contribution in [0.25, 0.3) is 0 Å². The lowest BCUT2D eigenvalue weighted by molar-refractivity contribution is -0.121. The minimum absolute atomic E-state index is 0.283. The first-order valence-corrected chi connectivity index (χ1v) is 8.91. The Morgan fingerprint density at radius 1 is 1.23 bits per heavy atom. The highest BCUT2D eigenvalue weighted by atomic mass is 35.5. The van der Waals surface area contributed by atoms with E-state index in [2.05, 4.69) is 9.98 Å². The normalized spacial score (nSPS) is 11.3. The molecule has 8 heteroatoms. The van der Waals surface area contributed by atoms with E-state index in [0.717, 1.165) is 5.56 Å². The SMILES string of the molecule is O=C(COC(=O)c1cccnc1)N=c1sccn1Cc1ccccc1Cl. The van der Waals surface area contributed by atoms with Gasteiger partial charge in [-0.15, -0.1) is 11.3 Å². The predicted octanol–water partition coefficient (Wildman–Crippen LogP) is 2.93. The Kier molecular flexibility index (Phi) is 5.93. The molecule has 0 spiro atoms. The van der Waals surface area contributed by atoms with Crippen LogP contribution in [-0.4, -0.2) is 28.0 Å². The molecule has 1 amide bonds. The summed E-state index contributed by atoms with van der Waals surface area (Å²) in [6.45, 7) is 0.0580. The lowest BCUT2D eigenvalue weighted by atomic mass is 10.2. The minimum atomic E-state index is -0.614. The highest BCUT2D eigenvalue weighted by molar-refractivity contribution is 7.07. The van der Waals surface area contributed by atoms with E-state index < -0.39 is 18.5 Å². The summed E-state index contributed by atoms with van der Waals surface area (Å²) in [4.78, 5) is 32.2. The zero-order valence-electron chi connectivity index (χ0n) is 13.5. The lowest BCUT2D eigenvalue weighted by Crippen LogP contribution is -2.20. The average molecular weight is 388 g/mol. The Morgan fingerprint density at radius 3 is 2.85 bits per heavy atom. The number of carbonyl (C=O) groups excluding carboxylic acids is 2. The maximum absolute atomic E-state index is 12.0. The van der Waals surface area contributed by atoms with Crippen molar-refractivity contribution >= 4 is 34.8 Å². The number of hydrogen-bond donors (Lipinski definition) is 0. The van der Waals surface area contributed by atoms with Crippen LogP contribution in [0.5, 0.6) is 0 Å². The van der Waals surface area contributed by atoms with Gasteiger partial charge in [-0.1, -0.05) is 29.8 Å². The largest absolute Gasteiger partial charge is 0.452 e. The Hall–Kier alpha value is -2.77. The van der Waals surface area contributed by atoms with Crippen LogP contribution < -0.4 is 4.80 Å². The molecule has 2 aromatic heterocycles. The van der Waals surface area contributed by atoms with Gasteiger partial charge in [-0.05, 0) is 23.8 Å². The molecule has 6 nitrogen and oxygen atoms in total. The Bertz CT molecular complexity index is 982. The molecule has 26 heavy (non-hydrogen) atoms. The summed E-state index contributed by atoms with van der Waals surface area (Å²) in [5, 5.41) is 2.47. The quantitative estimate of drug-likeness (QED) is 0.631. The van der Waals surface area contributed by atoms with Crippen LogP contribution >= 0.6 is 22.9 Å². The van der Waals surface area contributed by atoms with Crippen molar-refractivity contribution in [3.8, 4) is 0 Å². The second-order valence-corrected chi connectivity index (χ2v) is 6.51. The molecule has 3 rings (SSSR count). The third-order valence-electron chi connectivity index (χ3n) is 3.40. The molecule has 3 aromatic rings. The number of amides is 1. The van der Waals surface area contributed by atoms with Gasteiger partial charge in [-0.25, -0.2) is 4.79 Å². The number of esters is 1. The summed E-state index contributed by atoms with van der Waals surface area (Å²) < 4.78 is 6.78. The average Bonchev–Trinajstić information content (AvgIpc) is 3.09. The minimum Gasteiger partial charge on any atom is -0.452 e. The van der Waals surface area contributed by atoms with Crippen molar-refractivity contribution in [2.45, 2.75) is 6.54 Å². The molecule has 0 saturated carbocycles. The number of nitrogens with zero attached hydrogens (tertiary/aromatic N) is 3. The van der Waals surface area contributed by atoms with Gasteiger partial charge < -0.3 is 9.30 Å². The number of benzene rings is 1. The molecule has 0 aliphatic heterocycles. The molecule has 132 valence electrons. The van der Waals surface area contributed by atoms with Crippen molar-refractivity contribution in [3.05, 3.63) is 81.3 Å². The molecule has 0 atom stereocenters. The fraction of sp³-hybridized carbons (Fsp3) is 0.111. The van der Waals surface area contributed by atoms with Gasteiger partial charge >= 0.3 is 5.97 Å². The highest BCUT2D eigenvalue weighted by Gasteiger charge is 2.10. The molecular weight excluding hydrogens is 374 g/mol. The van der Waals surface area contributed by atoms with Crippen molar-refractivity contribution in [1.29, 1.82) is 0 Å². The monoisotopic (exact) mass is 387 g/mol. The highest BCUT2D eigenvalue weighted by Crippen LogP contribution is 2.15. The summed E-state index contributed by atoms with van der Waals surface area (Å²) in [6, 6.07) is 10.7. The van der Waals surface area contributed by atoms with E-state index >= 15 is 0 Å². The van der Waals surface area contributed by atoms with Gasteiger partial charge in [0.05, 0.1) is 12.1 Å². The third kappa shape index (κ3) is 4.65. The second-order valence-electron chi connectivity index (χ2n) is 5.23. The van der Waals surface area contributed by atoms with Gasteiger partial charge in [0.15, 0.2) is 11.4 Å². The van der Waals surface area contributed by atoms with Crippen LogP contribution in [0.1, 0.15) is 15.9 Å². The second kappa shape index (κ2) is 8.55. The first-order chi connectivity index (χ1) is 12.6. The first kappa shape index (κ1) is 18.0. The maximum Gasteiger partial charge on any atom is 0.340 e. The zero-order valence-corrected chi connectivity index (χ0v) is 15.1. The van der Waals surface area contributed by atoms with E-state index in [-0.39, 0.29) is 5.56 Å². The van der Waals surface area contributed by atoms with Gasteiger partial charge in [-0.3, -0.25) is 9.78 Å². The number of halogens is 1. The number of hydrogen-bond acceptors (Lipinski definition) is 5. The van der Waals surface area contributed by atoms with Gasteiger partial charge in [0.2, 0.25) is 0 Å². The summed E-state index contributed by atoms with van der Waals surface area (Å²) >= 11 is 7.49. The Morgan fingerprint density at radius 2 is 2.08 bits per heavy atom. The summed E-state index contributed by atoms with van der Waals surface area (Å²) in [5.41, 5.74) is 1.20. The van der Waals surface area contributed by atoms with Crippen molar-refractivity contribution in [2.75, 3.05) is 6.61 Å². The van der Waals surface area contributed by atoms with Crippen molar-refractivity contribution in [1.82, 2.24) is 9.55 Å². The Labute approximate surface area is 158 Å². The molecule has 0 saturated heterocycles. The fourth-order valence-corrected chi connectivity index (χ4v) is 3.09. The third-order valence-corrected chi connectivity index (χ3v) is 4.57. The lowest BCUT2D eigenvalue weighted by Gasteiger charge is -2.05. The number of carbonyl (C=O) groups is 2. The summed E-state index contributed by atoms with van der Waals surface area (Å²) in [7, 11) is 0. The molecule has 0 N–H and O–H groups in total. The number of rotatable bonds is 5. The van der Waals surface area contributed by atoms with Crippen LogP contribution in [0.3, 0.4) is 0 Å². The van der Waals surface area contributed by atoms with Crippen LogP contribution in [-0.2, 0) is 16.1 Å². The topological polar surface area (TPSA) is 73.6 Å². The molecule has 2 heterocycles. The molecule has 0 bridgehead atoms. The summed E-state index contributed by atoms with van der Waals surface area (Å²) in [6.07, 6.45) is 4.74. The van der Waals surface area contributed by atoms with Gasteiger partial charge in [0, 0.05) is 29.0 Å². The number of ether oxygens (including phenoxy) is 1. The van der Waals surface area contributed by atoms with E-state index in [1.807, 2.05) is 40.4 Å². The smallest absolute Gasteiger partial charge is 0.340 e. The number of pyridine rings is 1. The summed E-state index contributed by atoms with van der Waals surface area (Å²) in [5.74, 6) is -1.16. The molecule has 1 aromatic carbocycles. The van der Waals surface area contributed by atoms with Gasteiger partial charge in [-0.2, -0.15) is 4.99 Å². The predicted molar refractivity (Wildman–Crippen MR) is 98.0 cm³/mol. The first-order valence-electron chi connectivity index (χ1n) is 7.65. The van der Waals surface area contributed by atoms with Gasteiger partial charge in [0.1, 0.15) is 0 Å². The molecule has 0 radical (unpaired) electrons. The standard InChI is InChI=1S/C18H14ClN3O3S/c19-15-6-2-1-4-14(15)11-22-8-9-26-18(22)21-16(23)12-25-17(24)13-5-3-7-20-10-13/h1-10H,11-12H2. The van der Waals surface area contributed by atoms with E-state index in [1.54, 1.807) is 18.3 Å². The van der Waals surface area contributed by atoms with E-state index in [9.17, 15) is 9.59 Å². The zero-order chi connectivity index (χ0) is 18.4. The van der Waals surface area contributed by atoms with Crippen LogP contribution in [0.2, 0.25) is 5.02 Å². The molecule has 0 aliphatic rings. The molecule has 0 aliphatic carbocycles. The fourth-order valence-electron chi connectivity index (χ4n) is 2.15. The molecular formula is C18H14ClN3O3S. The van der Waals surface area contributed by atoms with E-state index in [1.165, 1.54) is 17.5 Å². The van der Waals surface area contributed by atoms with Crippen LogP contribution in [0, 0.1) is 0 Å². The van der Waals surface area contributed by atoms with Crippen molar-refractivity contribution < 1.29 is 14.3 Å².